The first-order valence-electron chi connectivity index (χ1n) is 7.87. The molecule has 24 heavy (non-hydrogen) atoms. The van der Waals surface area contributed by atoms with Crippen molar-refractivity contribution < 1.29 is 33.1 Å². The lowest BCUT2D eigenvalue weighted by Crippen LogP contribution is -2.57. The molecule has 8 heteroatoms. The van der Waals surface area contributed by atoms with Gasteiger partial charge in [0.05, 0.1) is 12.3 Å². The van der Waals surface area contributed by atoms with E-state index < -0.39 is 33.1 Å². The number of rotatable bonds is 11. The highest BCUT2D eigenvalue weighted by atomic mass is 28.4. The second-order valence-corrected chi connectivity index (χ2v) is 7.53. The summed E-state index contributed by atoms with van der Waals surface area (Å²) in [6, 6.07) is 6.64. The lowest BCUT2D eigenvalue weighted by Gasteiger charge is -2.29. The van der Waals surface area contributed by atoms with Crippen LogP contribution in [0.25, 0.3) is 0 Å². The van der Waals surface area contributed by atoms with Crippen LogP contribution in [0.2, 0.25) is 0 Å². The van der Waals surface area contributed by atoms with E-state index in [9.17, 15) is 14.7 Å². The second kappa shape index (κ2) is 9.53. The van der Waals surface area contributed by atoms with Crippen molar-refractivity contribution >= 4 is 25.9 Å². The number of aliphatic carboxylic acids is 2. The molecule has 2 N–H and O–H groups in total. The van der Waals surface area contributed by atoms with Crippen LogP contribution >= 0.6 is 0 Å². The SMILES string of the molecule is CCO[Si](OCC)(OCC)c1cccc(C(CC(=O)O)C(=O)O)c1. The van der Waals surface area contributed by atoms with Crippen LogP contribution in [0.4, 0.5) is 0 Å². The van der Waals surface area contributed by atoms with Gasteiger partial charge in [-0.1, -0.05) is 24.3 Å². The summed E-state index contributed by atoms with van der Waals surface area (Å²) in [6.07, 6.45) is -0.495. The summed E-state index contributed by atoms with van der Waals surface area (Å²) in [5.74, 6) is -3.50. The monoisotopic (exact) mass is 356 g/mol. The van der Waals surface area contributed by atoms with Crippen LogP contribution in [-0.4, -0.2) is 50.8 Å². The molecule has 134 valence electrons. The van der Waals surface area contributed by atoms with Crippen LogP contribution in [0.3, 0.4) is 0 Å². The molecule has 0 aromatic heterocycles. The lowest BCUT2D eigenvalue weighted by atomic mass is 9.96. The number of hydrogen-bond acceptors (Lipinski definition) is 5. The fraction of sp³-hybridized carbons (Fsp3) is 0.500. The maximum absolute atomic E-state index is 11.4. The third-order valence-electron chi connectivity index (χ3n) is 3.32. The molecule has 7 nitrogen and oxygen atoms in total. The highest BCUT2D eigenvalue weighted by molar-refractivity contribution is 6.75. The molecular formula is C16H24O7Si. The lowest BCUT2D eigenvalue weighted by molar-refractivity contribution is -0.145. The van der Waals surface area contributed by atoms with Gasteiger partial charge in [0.1, 0.15) is 0 Å². The van der Waals surface area contributed by atoms with E-state index >= 15 is 0 Å². The Balaban J connectivity index is 3.31. The minimum Gasteiger partial charge on any atom is -0.481 e. The minimum absolute atomic E-state index is 0.383. The molecule has 0 fully saturated rings. The van der Waals surface area contributed by atoms with Crippen LogP contribution in [0.15, 0.2) is 24.3 Å². The average molecular weight is 356 g/mol. The van der Waals surface area contributed by atoms with Gasteiger partial charge in [-0.15, -0.1) is 0 Å². The average Bonchev–Trinajstić information content (AvgIpc) is 2.53. The van der Waals surface area contributed by atoms with E-state index in [0.717, 1.165) is 0 Å². The maximum atomic E-state index is 11.4. The molecule has 1 atom stereocenters. The molecule has 0 bridgehead atoms. The highest BCUT2D eigenvalue weighted by Crippen LogP contribution is 2.21. The van der Waals surface area contributed by atoms with Crippen molar-refractivity contribution in [2.24, 2.45) is 0 Å². The van der Waals surface area contributed by atoms with Gasteiger partial charge in [-0.3, -0.25) is 9.59 Å². The molecule has 0 aliphatic carbocycles. The molecule has 1 unspecified atom stereocenters. The van der Waals surface area contributed by atoms with E-state index in [2.05, 4.69) is 0 Å². The fourth-order valence-electron chi connectivity index (χ4n) is 2.41. The zero-order valence-electron chi connectivity index (χ0n) is 14.2. The van der Waals surface area contributed by atoms with Crippen LogP contribution < -0.4 is 5.19 Å². The van der Waals surface area contributed by atoms with Crippen molar-refractivity contribution in [1.82, 2.24) is 0 Å². The largest absolute Gasteiger partial charge is 0.537 e. The highest BCUT2D eigenvalue weighted by Gasteiger charge is 2.43. The van der Waals surface area contributed by atoms with Gasteiger partial charge < -0.3 is 23.5 Å². The topological polar surface area (TPSA) is 102 Å². The Kier molecular flexibility index (Phi) is 8.06. The predicted octanol–water partition coefficient (Wildman–Crippen LogP) is 1.58. The third-order valence-corrected chi connectivity index (χ3v) is 6.35. The molecule has 0 heterocycles. The van der Waals surface area contributed by atoms with Gasteiger partial charge in [0.2, 0.25) is 0 Å². The minimum atomic E-state index is -3.16. The Morgan fingerprint density at radius 2 is 1.58 bits per heavy atom. The van der Waals surface area contributed by atoms with E-state index in [4.69, 9.17) is 18.4 Å². The summed E-state index contributed by atoms with van der Waals surface area (Å²) in [5, 5.41) is 18.9. The zero-order chi connectivity index (χ0) is 18.2. The van der Waals surface area contributed by atoms with Gasteiger partial charge in [0, 0.05) is 25.0 Å². The van der Waals surface area contributed by atoms with Gasteiger partial charge in [0.25, 0.3) is 0 Å². The van der Waals surface area contributed by atoms with E-state index in [1.807, 2.05) is 20.8 Å². The quantitative estimate of drug-likeness (QED) is 0.580. The molecule has 0 saturated carbocycles. The standard InChI is InChI=1S/C16H24O7Si/c1-4-21-24(22-5-2,23-6-3)13-9-7-8-12(10-13)14(16(19)20)11-15(17)18/h7-10,14H,4-6,11H2,1-3H3,(H,17,18)(H,19,20). The Hall–Kier alpha value is -1.74. The summed E-state index contributed by atoms with van der Waals surface area (Å²) in [5.41, 5.74) is 0.387. The van der Waals surface area contributed by atoms with Crippen LogP contribution in [-0.2, 0) is 22.9 Å². The molecular weight excluding hydrogens is 332 g/mol. The van der Waals surface area contributed by atoms with E-state index in [-0.39, 0.29) is 0 Å². The van der Waals surface area contributed by atoms with Crippen molar-refractivity contribution in [3.63, 3.8) is 0 Å². The van der Waals surface area contributed by atoms with Gasteiger partial charge in [-0.05, 0) is 26.3 Å². The van der Waals surface area contributed by atoms with Gasteiger partial charge in [-0.25, -0.2) is 0 Å². The number of carboxylic acids is 2. The Bertz CT molecular complexity index is 544. The predicted molar refractivity (Wildman–Crippen MR) is 89.3 cm³/mol. The molecule has 1 aromatic rings. The molecule has 0 radical (unpaired) electrons. The Labute approximate surface area is 142 Å². The van der Waals surface area contributed by atoms with Crippen molar-refractivity contribution in [2.75, 3.05) is 19.8 Å². The first kappa shape index (κ1) is 20.3. The van der Waals surface area contributed by atoms with Crippen LogP contribution in [0.1, 0.15) is 38.7 Å². The molecule has 1 rings (SSSR count). The van der Waals surface area contributed by atoms with Crippen molar-refractivity contribution in [3.8, 4) is 0 Å². The van der Waals surface area contributed by atoms with E-state index in [1.54, 1.807) is 24.3 Å². The Morgan fingerprint density at radius 3 is 2.00 bits per heavy atom. The molecule has 0 aliphatic rings. The normalized spacial score (nSPS) is 12.8. The van der Waals surface area contributed by atoms with E-state index in [0.29, 0.717) is 30.6 Å². The molecule has 0 spiro atoms. The zero-order valence-corrected chi connectivity index (χ0v) is 15.2. The maximum Gasteiger partial charge on any atom is 0.537 e. The summed E-state index contributed by atoms with van der Waals surface area (Å²) in [6.45, 7) is 6.63. The number of carboxylic acid groups (broad SMARTS) is 2. The number of hydrogen-bond donors (Lipinski definition) is 2. The summed E-state index contributed by atoms with van der Waals surface area (Å²) in [4.78, 5) is 22.4. The fourth-order valence-corrected chi connectivity index (χ4v) is 4.95. The molecule has 0 amide bonds. The first-order valence-corrected chi connectivity index (χ1v) is 9.59. The molecule has 0 aliphatic heterocycles. The van der Waals surface area contributed by atoms with Crippen LogP contribution in [0, 0.1) is 0 Å². The van der Waals surface area contributed by atoms with Crippen molar-refractivity contribution in [2.45, 2.75) is 33.1 Å². The van der Waals surface area contributed by atoms with Gasteiger partial charge in [0.15, 0.2) is 0 Å². The summed E-state index contributed by atoms with van der Waals surface area (Å²) < 4.78 is 17.4. The molecule has 1 aromatic carbocycles. The van der Waals surface area contributed by atoms with Crippen LogP contribution in [0.5, 0.6) is 0 Å². The van der Waals surface area contributed by atoms with Crippen molar-refractivity contribution in [3.05, 3.63) is 29.8 Å². The number of benzene rings is 1. The third kappa shape index (κ3) is 5.13. The van der Waals surface area contributed by atoms with E-state index in [1.165, 1.54) is 0 Å². The second-order valence-electron chi connectivity index (χ2n) is 4.97. The summed E-state index contributed by atoms with van der Waals surface area (Å²) >= 11 is 0. The van der Waals surface area contributed by atoms with Crippen molar-refractivity contribution in [1.29, 1.82) is 0 Å². The van der Waals surface area contributed by atoms with Gasteiger partial charge in [-0.2, -0.15) is 0 Å². The summed E-state index contributed by atoms with van der Waals surface area (Å²) in [7, 11) is -3.16. The molecule has 0 saturated heterocycles. The Morgan fingerprint density at radius 1 is 1.04 bits per heavy atom. The smallest absolute Gasteiger partial charge is 0.481 e. The number of carbonyl (C=O) groups is 2. The van der Waals surface area contributed by atoms with Gasteiger partial charge >= 0.3 is 20.7 Å². The first-order chi connectivity index (χ1) is 11.4.